The molecular formula is C19H22BrClN4O2S. The van der Waals surface area contributed by atoms with E-state index in [0.29, 0.717) is 14.9 Å². The summed E-state index contributed by atoms with van der Waals surface area (Å²) in [6.07, 6.45) is 0. The van der Waals surface area contributed by atoms with Crippen molar-refractivity contribution < 1.29 is 9.59 Å². The third-order valence-corrected chi connectivity index (χ3v) is 6.46. The van der Waals surface area contributed by atoms with Gasteiger partial charge in [-0.3, -0.25) is 9.59 Å². The number of halogens is 2. The minimum absolute atomic E-state index is 0.282. The van der Waals surface area contributed by atoms with Gasteiger partial charge in [0.1, 0.15) is 6.04 Å². The lowest BCUT2D eigenvalue weighted by atomic mass is 10.2. The number of piperazine rings is 1. The Balaban J connectivity index is 1.59. The fraction of sp³-hybridized carbons (Fsp3) is 0.368. The molecule has 3 rings (SSSR count). The minimum Gasteiger partial charge on any atom is -0.368 e. The molecule has 1 aliphatic rings. The van der Waals surface area contributed by atoms with E-state index in [-0.39, 0.29) is 11.8 Å². The van der Waals surface area contributed by atoms with Gasteiger partial charge in [0.05, 0.1) is 14.9 Å². The van der Waals surface area contributed by atoms with Gasteiger partial charge in [-0.05, 0) is 60.2 Å². The van der Waals surface area contributed by atoms with Crippen LogP contribution in [0.15, 0.2) is 34.8 Å². The van der Waals surface area contributed by atoms with E-state index >= 15 is 0 Å². The normalized spacial score (nSPS) is 15.9. The zero-order valence-electron chi connectivity index (χ0n) is 15.7. The molecule has 150 valence electrons. The summed E-state index contributed by atoms with van der Waals surface area (Å²) in [5.41, 5.74) is 1.79. The Kier molecular flexibility index (Phi) is 6.98. The number of likely N-dealkylation sites (N-methyl/N-ethyl adjacent to an activating group) is 1. The van der Waals surface area contributed by atoms with E-state index in [2.05, 4.69) is 43.4 Å². The quantitative estimate of drug-likeness (QED) is 0.678. The number of nitrogens with zero attached hydrogens (tertiary/aromatic N) is 2. The first-order valence-electron chi connectivity index (χ1n) is 8.93. The molecule has 6 nitrogen and oxygen atoms in total. The van der Waals surface area contributed by atoms with Gasteiger partial charge >= 0.3 is 0 Å². The number of carbonyl (C=O) groups is 2. The first kappa shape index (κ1) is 21.1. The van der Waals surface area contributed by atoms with Crippen molar-refractivity contribution in [1.82, 2.24) is 10.2 Å². The molecule has 2 N–H and O–H groups in total. The molecule has 1 aromatic heterocycles. The lowest BCUT2D eigenvalue weighted by Crippen LogP contribution is -2.44. The predicted molar refractivity (Wildman–Crippen MR) is 119 cm³/mol. The average Bonchev–Trinajstić information content (AvgIpc) is 3.09. The van der Waals surface area contributed by atoms with E-state index in [1.165, 1.54) is 11.3 Å². The number of rotatable bonds is 5. The Hall–Kier alpha value is -1.61. The van der Waals surface area contributed by atoms with E-state index in [9.17, 15) is 9.59 Å². The van der Waals surface area contributed by atoms with Crippen molar-refractivity contribution >= 4 is 62.1 Å². The van der Waals surface area contributed by atoms with Crippen molar-refractivity contribution in [3.05, 3.63) is 44.0 Å². The van der Waals surface area contributed by atoms with Crippen molar-refractivity contribution in [1.29, 1.82) is 0 Å². The Labute approximate surface area is 182 Å². The molecule has 9 heteroatoms. The molecule has 2 aromatic rings. The SMILES string of the molecule is CC(NC(=O)c1ccc(Cl)s1)C(=O)Nc1ccc(N2CCN(C)CC2)c(Br)c1. The summed E-state index contributed by atoms with van der Waals surface area (Å²) in [5.74, 6) is -0.596. The highest BCUT2D eigenvalue weighted by atomic mass is 79.9. The molecule has 2 heterocycles. The molecular weight excluding hydrogens is 464 g/mol. The van der Waals surface area contributed by atoms with Crippen LogP contribution in [0.1, 0.15) is 16.6 Å². The zero-order chi connectivity index (χ0) is 20.3. The molecule has 0 spiro atoms. The standard InChI is InChI=1S/C19H22BrClN4O2S/c1-12(22-19(27)16-5-6-17(21)28-16)18(26)23-13-3-4-15(14(20)11-13)25-9-7-24(2)8-10-25/h3-6,11-12H,7-10H2,1-2H3,(H,22,27)(H,23,26). The Morgan fingerprint density at radius 2 is 1.89 bits per heavy atom. The number of hydrogen-bond acceptors (Lipinski definition) is 5. The van der Waals surface area contributed by atoms with Crippen LogP contribution in [-0.2, 0) is 4.79 Å². The first-order chi connectivity index (χ1) is 13.3. The fourth-order valence-corrected chi connectivity index (χ4v) is 4.48. The van der Waals surface area contributed by atoms with Gasteiger partial charge in [-0.25, -0.2) is 0 Å². The fourth-order valence-electron chi connectivity index (χ4n) is 2.91. The van der Waals surface area contributed by atoms with Gasteiger partial charge in [0.2, 0.25) is 5.91 Å². The Morgan fingerprint density at radius 1 is 1.18 bits per heavy atom. The monoisotopic (exact) mass is 484 g/mol. The summed E-state index contributed by atoms with van der Waals surface area (Å²) in [7, 11) is 2.12. The second-order valence-corrected chi connectivity index (χ2v) is 9.31. The third kappa shape index (κ3) is 5.26. The second kappa shape index (κ2) is 9.26. The van der Waals surface area contributed by atoms with Crippen LogP contribution in [-0.4, -0.2) is 56.0 Å². The van der Waals surface area contributed by atoms with Crippen LogP contribution in [0.25, 0.3) is 0 Å². The maximum Gasteiger partial charge on any atom is 0.262 e. The summed E-state index contributed by atoms with van der Waals surface area (Å²) in [6.45, 7) is 5.64. The number of thiophene rings is 1. The number of hydrogen-bond donors (Lipinski definition) is 2. The van der Waals surface area contributed by atoms with E-state index in [1.807, 2.05) is 18.2 Å². The molecule has 1 aromatic carbocycles. The van der Waals surface area contributed by atoms with Crippen LogP contribution in [0, 0.1) is 0 Å². The minimum atomic E-state index is -0.676. The molecule has 1 aliphatic heterocycles. The number of anilines is 2. The molecule has 1 fully saturated rings. The molecule has 1 atom stereocenters. The molecule has 2 amide bonds. The lowest BCUT2D eigenvalue weighted by molar-refractivity contribution is -0.117. The summed E-state index contributed by atoms with van der Waals surface area (Å²) in [4.78, 5) is 29.7. The Morgan fingerprint density at radius 3 is 2.50 bits per heavy atom. The maximum absolute atomic E-state index is 12.4. The number of amides is 2. The molecule has 1 saturated heterocycles. The molecule has 0 aliphatic carbocycles. The molecule has 1 unspecified atom stereocenters. The first-order valence-corrected chi connectivity index (χ1v) is 10.9. The van der Waals surface area contributed by atoms with Crippen molar-refractivity contribution in [3.8, 4) is 0 Å². The highest BCUT2D eigenvalue weighted by molar-refractivity contribution is 9.10. The van der Waals surface area contributed by atoms with Gasteiger partial charge in [-0.1, -0.05) is 11.6 Å². The van der Waals surface area contributed by atoms with Gasteiger partial charge in [-0.15, -0.1) is 11.3 Å². The highest BCUT2D eigenvalue weighted by Gasteiger charge is 2.20. The van der Waals surface area contributed by atoms with Crippen molar-refractivity contribution in [2.75, 3.05) is 43.4 Å². The van der Waals surface area contributed by atoms with Crippen LogP contribution in [0.4, 0.5) is 11.4 Å². The lowest BCUT2D eigenvalue weighted by Gasteiger charge is -2.34. The zero-order valence-corrected chi connectivity index (χ0v) is 18.8. The van der Waals surface area contributed by atoms with Gasteiger partial charge < -0.3 is 20.4 Å². The van der Waals surface area contributed by atoms with Crippen LogP contribution in [0.2, 0.25) is 4.34 Å². The summed E-state index contributed by atoms with van der Waals surface area (Å²) < 4.78 is 1.47. The van der Waals surface area contributed by atoms with E-state index in [0.717, 1.165) is 36.3 Å². The van der Waals surface area contributed by atoms with Crippen LogP contribution in [0.3, 0.4) is 0 Å². The van der Waals surface area contributed by atoms with Gasteiger partial charge in [0, 0.05) is 36.3 Å². The summed E-state index contributed by atoms with van der Waals surface area (Å²) >= 11 is 10.6. The molecule has 0 bridgehead atoms. The van der Waals surface area contributed by atoms with Gasteiger partial charge in [-0.2, -0.15) is 0 Å². The van der Waals surface area contributed by atoms with Crippen LogP contribution < -0.4 is 15.5 Å². The smallest absolute Gasteiger partial charge is 0.262 e. The average molecular weight is 486 g/mol. The highest BCUT2D eigenvalue weighted by Crippen LogP contribution is 2.30. The van der Waals surface area contributed by atoms with Crippen LogP contribution in [0.5, 0.6) is 0 Å². The van der Waals surface area contributed by atoms with Crippen molar-refractivity contribution in [2.45, 2.75) is 13.0 Å². The molecule has 0 radical (unpaired) electrons. The third-order valence-electron chi connectivity index (χ3n) is 4.60. The summed E-state index contributed by atoms with van der Waals surface area (Å²) in [6, 6.07) is 8.39. The largest absolute Gasteiger partial charge is 0.368 e. The van der Waals surface area contributed by atoms with Gasteiger partial charge in [0.15, 0.2) is 0 Å². The molecule has 28 heavy (non-hydrogen) atoms. The van der Waals surface area contributed by atoms with Gasteiger partial charge in [0.25, 0.3) is 5.91 Å². The topological polar surface area (TPSA) is 64.7 Å². The van der Waals surface area contributed by atoms with E-state index < -0.39 is 6.04 Å². The van der Waals surface area contributed by atoms with Crippen molar-refractivity contribution in [2.24, 2.45) is 0 Å². The van der Waals surface area contributed by atoms with Crippen molar-refractivity contribution in [3.63, 3.8) is 0 Å². The summed E-state index contributed by atoms with van der Waals surface area (Å²) in [5, 5.41) is 5.54. The van der Waals surface area contributed by atoms with E-state index in [4.69, 9.17) is 11.6 Å². The predicted octanol–water partition coefficient (Wildman–Crippen LogP) is 3.67. The Bertz CT molecular complexity index is 867. The second-order valence-electron chi connectivity index (χ2n) is 6.74. The number of carbonyl (C=O) groups excluding carboxylic acids is 2. The van der Waals surface area contributed by atoms with Crippen LogP contribution >= 0.6 is 38.9 Å². The number of nitrogens with one attached hydrogen (secondary N) is 2. The van der Waals surface area contributed by atoms with E-state index in [1.54, 1.807) is 19.1 Å². The number of benzene rings is 1. The molecule has 0 saturated carbocycles. The maximum atomic E-state index is 12.4.